The maximum atomic E-state index is 14.3. The molecule has 0 aliphatic heterocycles. The topological polar surface area (TPSA) is 108 Å². The zero-order valence-electron chi connectivity index (χ0n) is 29.1. The van der Waals surface area contributed by atoms with Crippen LogP contribution in [0.2, 0.25) is 0 Å². The van der Waals surface area contributed by atoms with Crippen molar-refractivity contribution in [2.75, 3.05) is 26.2 Å². The van der Waals surface area contributed by atoms with Crippen molar-refractivity contribution in [1.29, 1.82) is 0 Å². The second kappa shape index (κ2) is 12.6. The van der Waals surface area contributed by atoms with Gasteiger partial charge in [0.25, 0.3) is 0 Å². The quantitative estimate of drug-likeness (QED) is 0.141. The van der Waals surface area contributed by atoms with E-state index in [0.29, 0.717) is 48.6 Å². The predicted octanol–water partition coefficient (Wildman–Crippen LogP) is 6.20. The fraction of sp³-hybridized carbons (Fsp3) is 0.921. The number of fused-ring (bicyclic) bond motifs is 7. The van der Waals surface area contributed by atoms with E-state index in [1.54, 1.807) is 0 Å². The molecule has 1 amide bonds. The van der Waals surface area contributed by atoms with E-state index < -0.39 is 0 Å². The van der Waals surface area contributed by atoms with Crippen molar-refractivity contribution in [2.24, 2.45) is 62.4 Å². The van der Waals surface area contributed by atoms with Crippen LogP contribution in [0, 0.1) is 56.7 Å². The molecule has 0 unspecified atom stereocenters. The third-order valence-corrected chi connectivity index (χ3v) is 15.6. The first-order chi connectivity index (χ1) is 20.7. The minimum Gasteiger partial charge on any atom is -0.395 e. The van der Waals surface area contributed by atoms with E-state index in [4.69, 9.17) is 5.73 Å². The lowest BCUT2D eigenvalue weighted by Crippen LogP contribution is -2.67. The number of unbranched alkanes of at least 4 members (excludes halogenated alkanes) is 1. The summed E-state index contributed by atoms with van der Waals surface area (Å²) in [5.74, 6) is 2.91. The molecule has 6 N–H and O–H groups in total. The SMILES string of the molecule is C=C(C)[C@@H]1CC[C@]2(C(=O)NCCCC[C@@H](CO)NCCN)CC[C@]3(C)[C@H](CC[C@@H]4[C@@]5(C)CC[C@H](O)C(C)(C)[C@@H]5CC[C@]43C)[C@@H]12. The van der Waals surface area contributed by atoms with Crippen molar-refractivity contribution in [2.45, 2.75) is 137 Å². The van der Waals surface area contributed by atoms with Gasteiger partial charge in [-0.05, 0) is 135 Å². The first-order valence-corrected chi connectivity index (χ1v) is 18.4. The third kappa shape index (κ3) is 5.24. The van der Waals surface area contributed by atoms with E-state index in [-0.39, 0.29) is 45.8 Å². The number of hydrogen-bond donors (Lipinski definition) is 5. The monoisotopic (exact) mass is 614 g/mol. The van der Waals surface area contributed by atoms with Gasteiger partial charge >= 0.3 is 0 Å². The summed E-state index contributed by atoms with van der Waals surface area (Å²) in [6, 6.07) is 0.0815. The van der Waals surface area contributed by atoms with Crippen molar-refractivity contribution in [3.05, 3.63) is 12.2 Å². The Morgan fingerprint density at radius 1 is 0.909 bits per heavy atom. The number of carbonyl (C=O) groups is 1. The lowest BCUT2D eigenvalue weighted by Gasteiger charge is -2.72. The van der Waals surface area contributed by atoms with E-state index in [9.17, 15) is 15.0 Å². The molecule has 0 spiro atoms. The highest BCUT2D eigenvalue weighted by atomic mass is 16.3. The van der Waals surface area contributed by atoms with Gasteiger partial charge in [0.05, 0.1) is 18.1 Å². The number of nitrogens with one attached hydrogen (secondary N) is 2. The van der Waals surface area contributed by atoms with Crippen LogP contribution in [0.3, 0.4) is 0 Å². The van der Waals surface area contributed by atoms with Crippen molar-refractivity contribution >= 4 is 5.91 Å². The molecule has 6 heteroatoms. The number of nitrogens with two attached hydrogens (primary N) is 1. The molecule has 5 fully saturated rings. The van der Waals surface area contributed by atoms with Gasteiger partial charge in [-0.1, -0.05) is 53.2 Å². The molecule has 5 saturated carbocycles. The van der Waals surface area contributed by atoms with Gasteiger partial charge in [0, 0.05) is 25.7 Å². The smallest absolute Gasteiger partial charge is 0.226 e. The second-order valence-corrected chi connectivity index (χ2v) is 17.6. The fourth-order valence-corrected chi connectivity index (χ4v) is 13.0. The Morgan fingerprint density at radius 3 is 2.34 bits per heavy atom. The summed E-state index contributed by atoms with van der Waals surface area (Å²) in [7, 11) is 0. The molecule has 5 aliphatic rings. The van der Waals surface area contributed by atoms with Crippen LogP contribution in [0.1, 0.15) is 125 Å². The molecule has 0 heterocycles. The Labute approximate surface area is 269 Å². The summed E-state index contributed by atoms with van der Waals surface area (Å²) in [5.41, 5.74) is 7.33. The Morgan fingerprint density at radius 2 is 1.66 bits per heavy atom. The molecule has 5 aliphatic carbocycles. The van der Waals surface area contributed by atoms with Gasteiger partial charge in [-0.2, -0.15) is 0 Å². The van der Waals surface area contributed by atoms with Crippen LogP contribution in [-0.2, 0) is 4.79 Å². The summed E-state index contributed by atoms with van der Waals surface area (Å²) in [6.45, 7) is 21.4. The van der Waals surface area contributed by atoms with Crippen LogP contribution in [0.5, 0.6) is 0 Å². The molecule has 11 atom stereocenters. The summed E-state index contributed by atoms with van der Waals surface area (Å²) < 4.78 is 0. The fourth-order valence-electron chi connectivity index (χ4n) is 13.0. The first-order valence-electron chi connectivity index (χ1n) is 18.4. The molecule has 0 aromatic rings. The van der Waals surface area contributed by atoms with Crippen LogP contribution in [-0.4, -0.2) is 54.5 Å². The highest BCUT2D eigenvalue weighted by Gasteiger charge is 2.71. The minimum atomic E-state index is -0.272. The average Bonchev–Trinajstić information content (AvgIpc) is 3.38. The van der Waals surface area contributed by atoms with Crippen LogP contribution in [0.15, 0.2) is 12.2 Å². The number of hydrogen-bond acceptors (Lipinski definition) is 5. The number of allylic oxidation sites excluding steroid dienone is 1. The molecule has 5 rings (SSSR count). The van der Waals surface area contributed by atoms with Gasteiger partial charge < -0.3 is 26.6 Å². The van der Waals surface area contributed by atoms with Crippen molar-refractivity contribution in [3.63, 3.8) is 0 Å². The van der Waals surface area contributed by atoms with E-state index >= 15 is 0 Å². The highest BCUT2D eigenvalue weighted by molar-refractivity contribution is 5.83. The summed E-state index contributed by atoms with van der Waals surface area (Å²) >= 11 is 0. The zero-order valence-corrected chi connectivity index (χ0v) is 29.1. The Bertz CT molecular complexity index is 1060. The lowest BCUT2D eigenvalue weighted by atomic mass is 9.32. The first kappa shape index (κ1) is 34.4. The average molecular weight is 614 g/mol. The van der Waals surface area contributed by atoms with Crippen LogP contribution in [0.25, 0.3) is 0 Å². The Balaban J connectivity index is 1.34. The molecule has 0 aromatic carbocycles. The Hall–Kier alpha value is -0.950. The molecule has 0 aromatic heterocycles. The largest absolute Gasteiger partial charge is 0.395 e. The van der Waals surface area contributed by atoms with E-state index in [2.05, 4.69) is 58.8 Å². The molecular formula is C38H67N3O3. The maximum Gasteiger partial charge on any atom is 0.226 e. The molecule has 0 bridgehead atoms. The second-order valence-electron chi connectivity index (χ2n) is 17.6. The molecule has 44 heavy (non-hydrogen) atoms. The van der Waals surface area contributed by atoms with Crippen molar-refractivity contribution in [1.82, 2.24) is 10.6 Å². The van der Waals surface area contributed by atoms with Gasteiger partial charge in [0.15, 0.2) is 0 Å². The lowest BCUT2D eigenvalue weighted by molar-refractivity contribution is -0.246. The van der Waals surface area contributed by atoms with E-state index in [1.807, 2.05) is 0 Å². The number of aliphatic hydroxyl groups is 2. The van der Waals surface area contributed by atoms with Crippen molar-refractivity contribution in [3.8, 4) is 0 Å². The van der Waals surface area contributed by atoms with Crippen LogP contribution >= 0.6 is 0 Å². The number of amides is 1. The van der Waals surface area contributed by atoms with Gasteiger partial charge in [0.2, 0.25) is 5.91 Å². The molecular weight excluding hydrogens is 546 g/mol. The maximum absolute atomic E-state index is 14.3. The summed E-state index contributed by atoms with van der Waals surface area (Å²) in [4.78, 5) is 14.3. The Kier molecular flexibility index (Phi) is 9.83. The van der Waals surface area contributed by atoms with Crippen LogP contribution < -0.4 is 16.4 Å². The minimum absolute atomic E-state index is 0.0254. The number of carbonyl (C=O) groups excluding carboxylic acids is 1. The van der Waals surface area contributed by atoms with Gasteiger partial charge in [-0.3, -0.25) is 4.79 Å². The predicted molar refractivity (Wildman–Crippen MR) is 180 cm³/mol. The molecule has 0 radical (unpaired) electrons. The number of aliphatic hydroxyl groups excluding tert-OH is 2. The molecule has 252 valence electrons. The normalized spacial score (nSPS) is 44.9. The van der Waals surface area contributed by atoms with Gasteiger partial charge in [0.1, 0.15) is 0 Å². The number of rotatable bonds is 11. The summed E-state index contributed by atoms with van der Waals surface area (Å²) in [6.07, 6.45) is 13.9. The summed E-state index contributed by atoms with van der Waals surface area (Å²) in [5, 5.41) is 27.5. The van der Waals surface area contributed by atoms with Gasteiger partial charge in [-0.15, -0.1) is 0 Å². The third-order valence-electron chi connectivity index (χ3n) is 15.6. The van der Waals surface area contributed by atoms with E-state index in [0.717, 1.165) is 64.3 Å². The van der Waals surface area contributed by atoms with Crippen molar-refractivity contribution < 1.29 is 15.0 Å². The molecule has 6 nitrogen and oxygen atoms in total. The van der Waals surface area contributed by atoms with E-state index in [1.165, 1.54) is 31.3 Å². The van der Waals surface area contributed by atoms with Gasteiger partial charge in [-0.25, -0.2) is 0 Å². The highest BCUT2D eigenvalue weighted by Crippen LogP contribution is 2.77. The van der Waals surface area contributed by atoms with Crippen LogP contribution in [0.4, 0.5) is 0 Å². The zero-order chi connectivity index (χ0) is 32.1. The molecule has 0 saturated heterocycles. The standard InChI is InChI=1S/C38H67N3O3/c1-25(2)27-13-18-38(33(44)41-22-9-8-10-26(24-42)40-23-21-39)20-19-36(6)28(32(27)38)11-12-30-35(5)16-15-31(43)34(3,4)29(35)14-17-37(30,36)7/h26-32,40,42-43H,1,8-24,39H2,2-7H3,(H,41,44)/t26-,27-,28+,29-,30+,31-,32+,35-,36+,37+,38-/m0/s1.